The number of aromatic nitrogens is 3. The zero-order valence-corrected chi connectivity index (χ0v) is 13.4. The number of halogens is 1. The lowest BCUT2D eigenvalue weighted by Gasteiger charge is -2.16. The molecular formula is C16H15BrN4O. The Labute approximate surface area is 136 Å². The molecule has 0 saturated carbocycles. The smallest absolute Gasteiger partial charge is 0.130 e. The first-order chi connectivity index (χ1) is 10.7. The summed E-state index contributed by atoms with van der Waals surface area (Å²) in [6.07, 6.45) is 4.21. The fourth-order valence-electron chi connectivity index (χ4n) is 2.85. The van der Waals surface area contributed by atoms with E-state index in [1.165, 1.54) is 0 Å². The van der Waals surface area contributed by atoms with Gasteiger partial charge in [0.05, 0.1) is 23.5 Å². The van der Waals surface area contributed by atoms with Gasteiger partial charge < -0.3 is 10.0 Å². The Morgan fingerprint density at radius 2 is 2.14 bits per heavy atom. The number of aliphatic hydroxyl groups is 1. The van der Waals surface area contributed by atoms with Gasteiger partial charge in [0, 0.05) is 35.2 Å². The molecule has 3 heterocycles. The van der Waals surface area contributed by atoms with E-state index in [0.29, 0.717) is 6.54 Å². The highest BCUT2D eigenvalue weighted by Crippen LogP contribution is 2.25. The number of aliphatic hydroxyl groups excluding tert-OH is 1. The normalized spacial score (nSPS) is 18.3. The maximum Gasteiger partial charge on any atom is 0.130 e. The van der Waals surface area contributed by atoms with E-state index in [1.807, 2.05) is 47.4 Å². The standard InChI is InChI=1S/C16H15BrN4O/c17-12-2-1-3-13(6-12)21-15-7-16(18-8-11(15)9-19-21)20-5-4-14(22)10-20/h1-3,6-9,14,22H,4-5,10H2/t14-/m1/s1. The number of rotatable bonds is 2. The van der Waals surface area contributed by atoms with Crippen molar-refractivity contribution in [1.29, 1.82) is 0 Å². The van der Waals surface area contributed by atoms with Crippen molar-refractivity contribution in [2.75, 3.05) is 18.0 Å². The molecule has 1 aliphatic rings. The minimum Gasteiger partial charge on any atom is -0.391 e. The molecule has 112 valence electrons. The monoisotopic (exact) mass is 358 g/mol. The quantitative estimate of drug-likeness (QED) is 0.765. The summed E-state index contributed by atoms with van der Waals surface area (Å²) in [6.45, 7) is 1.48. The van der Waals surface area contributed by atoms with Crippen molar-refractivity contribution in [2.24, 2.45) is 0 Å². The lowest BCUT2D eigenvalue weighted by Crippen LogP contribution is -2.22. The van der Waals surface area contributed by atoms with Crippen molar-refractivity contribution >= 4 is 32.7 Å². The molecule has 3 aromatic rings. The predicted octanol–water partition coefficient (Wildman–Crippen LogP) is 2.75. The minimum atomic E-state index is -0.257. The molecule has 0 radical (unpaired) electrons. The van der Waals surface area contributed by atoms with Gasteiger partial charge in [-0.15, -0.1) is 0 Å². The molecule has 22 heavy (non-hydrogen) atoms. The third kappa shape index (κ3) is 2.38. The molecule has 1 atom stereocenters. The van der Waals surface area contributed by atoms with Crippen molar-refractivity contribution in [2.45, 2.75) is 12.5 Å². The first-order valence-electron chi connectivity index (χ1n) is 7.23. The topological polar surface area (TPSA) is 54.2 Å². The number of fused-ring (bicyclic) bond motifs is 1. The predicted molar refractivity (Wildman–Crippen MR) is 89.4 cm³/mol. The van der Waals surface area contributed by atoms with E-state index in [-0.39, 0.29) is 6.10 Å². The second-order valence-electron chi connectivity index (χ2n) is 5.53. The van der Waals surface area contributed by atoms with Gasteiger partial charge in [-0.3, -0.25) is 0 Å². The number of hydrogen-bond acceptors (Lipinski definition) is 4. The molecule has 5 nitrogen and oxygen atoms in total. The highest BCUT2D eigenvalue weighted by Gasteiger charge is 2.22. The van der Waals surface area contributed by atoms with Crippen molar-refractivity contribution in [3.8, 4) is 5.69 Å². The summed E-state index contributed by atoms with van der Waals surface area (Å²) >= 11 is 3.50. The molecule has 0 spiro atoms. The van der Waals surface area contributed by atoms with Crippen LogP contribution in [-0.2, 0) is 0 Å². The molecule has 6 heteroatoms. The van der Waals surface area contributed by atoms with Crippen LogP contribution in [0.5, 0.6) is 0 Å². The van der Waals surface area contributed by atoms with Gasteiger partial charge >= 0.3 is 0 Å². The van der Waals surface area contributed by atoms with Crippen LogP contribution in [0, 0.1) is 0 Å². The summed E-state index contributed by atoms with van der Waals surface area (Å²) in [5, 5.41) is 15.2. The SMILES string of the molecule is O[C@@H]1CCN(c2cc3c(cn2)cnn3-c2cccc(Br)c2)C1. The van der Waals surface area contributed by atoms with Gasteiger partial charge in [0.25, 0.3) is 0 Å². The second kappa shape index (κ2) is 5.37. The van der Waals surface area contributed by atoms with E-state index in [9.17, 15) is 5.11 Å². The van der Waals surface area contributed by atoms with E-state index < -0.39 is 0 Å². The van der Waals surface area contributed by atoms with Gasteiger partial charge in [0.1, 0.15) is 5.82 Å². The lowest BCUT2D eigenvalue weighted by atomic mass is 10.3. The van der Waals surface area contributed by atoms with E-state index in [1.54, 1.807) is 0 Å². The highest BCUT2D eigenvalue weighted by molar-refractivity contribution is 9.10. The third-order valence-corrected chi connectivity index (χ3v) is 4.47. The number of hydrogen-bond donors (Lipinski definition) is 1. The highest BCUT2D eigenvalue weighted by atomic mass is 79.9. The van der Waals surface area contributed by atoms with Crippen LogP contribution in [0.25, 0.3) is 16.6 Å². The summed E-state index contributed by atoms with van der Waals surface area (Å²) in [5.41, 5.74) is 2.02. The van der Waals surface area contributed by atoms with Gasteiger partial charge in [-0.25, -0.2) is 9.67 Å². The van der Waals surface area contributed by atoms with E-state index in [2.05, 4.69) is 30.9 Å². The van der Waals surface area contributed by atoms with Gasteiger partial charge in [-0.05, 0) is 24.6 Å². The van der Waals surface area contributed by atoms with E-state index in [0.717, 1.165) is 39.8 Å². The molecule has 1 saturated heterocycles. The summed E-state index contributed by atoms with van der Waals surface area (Å²) in [7, 11) is 0. The number of β-amino-alcohol motifs (C(OH)–C–C–N with tert-alkyl or cyclic N) is 1. The number of nitrogens with zero attached hydrogens (tertiary/aromatic N) is 4. The first-order valence-corrected chi connectivity index (χ1v) is 8.03. The largest absolute Gasteiger partial charge is 0.391 e. The molecule has 1 N–H and O–H groups in total. The molecule has 0 unspecified atom stereocenters. The number of pyridine rings is 1. The Kier molecular flexibility index (Phi) is 3.35. The summed E-state index contributed by atoms with van der Waals surface area (Å²) in [5.74, 6) is 0.890. The second-order valence-corrected chi connectivity index (χ2v) is 6.44. The number of benzene rings is 1. The van der Waals surface area contributed by atoms with Crippen LogP contribution in [0.3, 0.4) is 0 Å². The molecular weight excluding hydrogens is 344 g/mol. The van der Waals surface area contributed by atoms with Gasteiger partial charge in [0.2, 0.25) is 0 Å². The summed E-state index contributed by atoms with van der Waals surface area (Å²) in [6, 6.07) is 10.1. The van der Waals surface area contributed by atoms with E-state index >= 15 is 0 Å². The van der Waals surface area contributed by atoms with Gasteiger partial charge in [-0.1, -0.05) is 22.0 Å². The lowest BCUT2D eigenvalue weighted by molar-refractivity contribution is 0.198. The maximum atomic E-state index is 9.71. The van der Waals surface area contributed by atoms with Gasteiger partial charge in [0.15, 0.2) is 0 Å². The molecule has 0 aliphatic carbocycles. The van der Waals surface area contributed by atoms with Crippen LogP contribution in [0.15, 0.2) is 47.2 Å². The average Bonchev–Trinajstić information content (AvgIpc) is 3.12. The molecule has 1 aliphatic heterocycles. The summed E-state index contributed by atoms with van der Waals surface area (Å²) in [4.78, 5) is 6.61. The Bertz CT molecular complexity index is 832. The van der Waals surface area contributed by atoms with Crippen molar-refractivity contribution in [1.82, 2.24) is 14.8 Å². The number of anilines is 1. The van der Waals surface area contributed by atoms with Crippen LogP contribution in [0.4, 0.5) is 5.82 Å². The molecule has 1 aromatic carbocycles. The Morgan fingerprint density at radius 3 is 2.91 bits per heavy atom. The maximum absolute atomic E-state index is 9.71. The minimum absolute atomic E-state index is 0.257. The van der Waals surface area contributed by atoms with Crippen LogP contribution in [0.2, 0.25) is 0 Å². The fraction of sp³-hybridized carbons (Fsp3) is 0.250. The van der Waals surface area contributed by atoms with Crippen molar-refractivity contribution in [3.05, 3.63) is 47.2 Å². The molecule has 1 fully saturated rings. The van der Waals surface area contributed by atoms with Crippen LogP contribution in [-0.4, -0.2) is 39.1 Å². The van der Waals surface area contributed by atoms with Crippen LogP contribution < -0.4 is 4.90 Å². The van der Waals surface area contributed by atoms with Gasteiger partial charge in [-0.2, -0.15) is 5.10 Å². The Balaban J connectivity index is 1.80. The van der Waals surface area contributed by atoms with Crippen molar-refractivity contribution < 1.29 is 5.11 Å². The third-order valence-electron chi connectivity index (χ3n) is 3.98. The van der Waals surface area contributed by atoms with Crippen molar-refractivity contribution in [3.63, 3.8) is 0 Å². The zero-order chi connectivity index (χ0) is 15.1. The Morgan fingerprint density at radius 1 is 1.23 bits per heavy atom. The van der Waals surface area contributed by atoms with E-state index in [4.69, 9.17) is 0 Å². The summed E-state index contributed by atoms with van der Waals surface area (Å²) < 4.78 is 2.93. The molecule has 0 amide bonds. The Hall–Kier alpha value is -1.92. The first kappa shape index (κ1) is 13.7. The zero-order valence-electron chi connectivity index (χ0n) is 11.9. The average molecular weight is 359 g/mol. The van der Waals surface area contributed by atoms with Crippen LogP contribution in [0.1, 0.15) is 6.42 Å². The molecule has 0 bridgehead atoms. The molecule has 2 aromatic heterocycles. The molecule has 4 rings (SSSR count). The fourth-order valence-corrected chi connectivity index (χ4v) is 3.23. The van der Waals surface area contributed by atoms with Crippen LogP contribution >= 0.6 is 15.9 Å².